The molecule has 0 aliphatic carbocycles. The van der Waals surface area contributed by atoms with Crippen LogP contribution in [0.1, 0.15) is 105 Å². The van der Waals surface area contributed by atoms with Gasteiger partial charge in [-0.05, 0) is 81.3 Å². The fourth-order valence-electron chi connectivity index (χ4n) is 9.25. The number of carbonyl (C=O) groups excluding carboxylic acids is 9. The largest absolute Gasteiger partial charge is 0.481 e. The third-order valence-electron chi connectivity index (χ3n) is 13.7. The molecule has 2 aromatic rings. The van der Waals surface area contributed by atoms with Crippen LogP contribution in [0, 0.1) is 17.8 Å². The van der Waals surface area contributed by atoms with Crippen molar-refractivity contribution in [3.63, 3.8) is 0 Å². The zero-order valence-electron chi connectivity index (χ0n) is 48.5. The van der Waals surface area contributed by atoms with Gasteiger partial charge in [-0.1, -0.05) is 59.7 Å². The minimum absolute atomic E-state index is 0.0299. The summed E-state index contributed by atoms with van der Waals surface area (Å²) in [6.07, 6.45) is -1.04. The molecule has 30 nitrogen and oxygen atoms in total. The molecule has 1 aliphatic rings. The number of carboxylic acids is 2. The van der Waals surface area contributed by atoms with Crippen molar-refractivity contribution in [2.24, 2.45) is 39.9 Å². The summed E-state index contributed by atoms with van der Waals surface area (Å²) in [5.41, 5.74) is 17.9. The summed E-state index contributed by atoms with van der Waals surface area (Å²) >= 11 is 0. The van der Waals surface area contributed by atoms with E-state index in [4.69, 9.17) is 17.2 Å². The van der Waals surface area contributed by atoms with Crippen molar-refractivity contribution in [1.82, 2.24) is 52.4 Å². The van der Waals surface area contributed by atoms with Gasteiger partial charge in [-0.3, -0.25) is 52.9 Å². The Morgan fingerprint density at radius 3 is 1.69 bits per heavy atom. The summed E-state index contributed by atoms with van der Waals surface area (Å²) in [6.45, 7) is 9.68. The van der Waals surface area contributed by atoms with Gasteiger partial charge in [0.1, 0.15) is 54.4 Å². The molecule has 0 spiro atoms. The number of aliphatic hydroxyl groups is 3. The molecule has 84 heavy (non-hydrogen) atoms. The number of para-hydroxylation sites is 1. The highest BCUT2D eigenvalue weighted by Crippen LogP contribution is 2.23. The highest BCUT2D eigenvalue weighted by molar-refractivity contribution is 5.99. The highest BCUT2D eigenvalue weighted by Gasteiger charge is 2.41. The number of H-pyrrole nitrogens is 1. The number of nitrogens with one attached hydrogen (secondary N) is 9. The van der Waals surface area contributed by atoms with E-state index in [0.717, 1.165) is 6.92 Å². The van der Waals surface area contributed by atoms with Crippen LogP contribution >= 0.6 is 0 Å². The monoisotopic (exact) mass is 1190 g/mol. The fraction of sp³-hybridized carbons (Fsp3) is 0.630. The summed E-state index contributed by atoms with van der Waals surface area (Å²) in [7, 11) is 0. The molecule has 11 atom stereocenters. The molecule has 0 saturated carbocycles. The lowest BCUT2D eigenvalue weighted by atomic mass is 10.0. The van der Waals surface area contributed by atoms with Crippen LogP contribution in [-0.4, -0.2) is 199 Å². The number of likely N-dealkylation sites (tertiary alicyclic amines) is 1. The molecular formula is C54H86N14O16. The van der Waals surface area contributed by atoms with Crippen molar-refractivity contribution in [3.8, 4) is 0 Å². The molecule has 0 bridgehead atoms. The van der Waals surface area contributed by atoms with Gasteiger partial charge in [-0.15, -0.1) is 0 Å². The number of carboxylic acid groups (broad SMARTS) is 2. The van der Waals surface area contributed by atoms with Gasteiger partial charge in [-0.25, -0.2) is 4.79 Å². The summed E-state index contributed by atoms with van der Waals surface area (Å²) < 4.78 is 0. The first-order chi connectivity index (χ1) is 39.5. The van der Waals surface area contributed by atoms with Crippen LogP contribution in [-0.2, 0) is 59.2 Å². The Morgan fingerprint density at radius 1 is 0.655 bits per heavy atom. The van der Waals surface area contributed by atoms with E-state index in [2.05, 4.69) is 52.5 Å². The molecule has 3 rings (SSSR count). The predicted octanol–water partition coefficient (Wildman–Crippen LogP) is -3.98. The highest BCUT2D eigenvalue weighted by atomic mass is 16.4. The second-order valence-electron chi connectivity index (χ2n) is 22.0. The van der Waals surface area contributed by atoms with Crippen molar-refractivity contribution >= 4 is 82.0 Å². The first kappa shape index (κ1) is 70.3. The van der Waals surface area contributed by atoms with E-state index in [1.54, 1.807) is 72.0 Å². The number of benzene rings is 1. The lowest BCUT2D eigenvalue weighted by Crippen LogP contribution is -2.61. The number of nitrogens with zero attached hydrogens (tertiary/aromatic N) is 2. The van der Waals surface area contributed by atoms with E-state index in [1.165, 1.54) is 4.90 Å². The Morgan fingerprint density at radius 2 is 1.17 bits per heavy atom. The molecule has 1 fully saturated rings. The topological polar surface area (TPSA) is 495 Å². The van der Waals surface area contributed by atoms with E-state index in [0.29, 0.717) is 22.9 Å². The van der Waals surface area contributed by atoms with Crippen molar-refractivity contribution in [2.45, 2.75) is 173 Å². The smallest absolute Gasteiger partial charge is 0.328 e. The van der Waals surface area contributed by atoms with Crippen molar-refractivity contribution in [1.29, 1.82) is 0 Å². The molecule has 30 heteroatoms. The summed E-state index contributed by atoms with van der Waals surface area (Å²) in [6, 6.07) is -7.55. The number of aromatic nitrogens is 1. The van der Waals surface area contributed by atoms with Crippen LogP contribution in [0.4, 0.5) is 0 Å². The van der Waals surface area contributed by atoms with E-state index >= 15 is 0 Å². The molecule has 1 aliphatic heterocycles. The molecule has 9 amide bonds. The number of amides is 9. The third kappa shape index (κ3) is 22.0. The molecule has 0 radical (unpaired) electrons. The second kappa shape index (κ2) is 34.0. The maximum Gasteiger partial charge on any atom is 0.328 e. The van der Waals surface area contributed by atoms with E-state index < -0.39 is 164 Å². The summed E-state index contributed by atoms with van der Waals surface area (Å²) in [5.74, 6) is -12.5. The van der Waals surface area contributed by atoms with Crippen molar-refractivity contribution in [3.05, 3.63) is 36.0 Å². The van der Waals surface area contributed by atoms with Crippen LogP contribution in [0.3, 0.4) is 0 Å². The second-order valence-corrected chi connectivity index (χ2v) is 22.0. The maximum absolute atomic E-state index is 14.4. The summed E-state index contributed by atoms with van der Waals surface area (Å²) in [5, 5.41) is 69.9. The standard InChI is InChI=1S/C54H86N14O16/c1-26(2)20-36(47(77)61-35(16-17-41(72)73)46(76)60-34(14-10-18-58-54(56)57)45(75)62-37(21-27(3)4)49(79)67-43(29(7)71)53(83)84)63-50(80)39(25-70)65-48(78)38(22-30-23-59-33-13-9-8-12-31(30)33)64-51(81)40-15-11-19-68(40)52(82)42(28(5)6)66-44(74)32(55)24-69/h8-9,12-13,23,26-29,32,34-40,42-43,59,69-71H,10-11,14-22,24-25,55H2,1-7H3,(H,60,76)(H,61,77)(H,62,75)(H,63,80)(H,64,81)(H,65,78)(H,66,74)(H,67,79)(H,72,73)(H,83,84)(H4,56,57,58)/t29-,32+,34+,35+,36+,37+,38+,39+,40+,42+,43+/m1/s1. The molecule has 1 saturated heterocycles. The van der Waals surface area contributed by atoms with Gasteiger partial charge in [0.25, 0.3) is 0 Å². The van der Waals surface area contributed by atoms with Gasteiger partial charge in [0, 0.05) is 43.0 Å². The van der Waals surface area contributed by atoms with Gasteiger partial charge in [-0.2, -0.15) is 0 Å². The zero-order chi connectivity index (χ0) is 63.1. The average molecular weight is 1190 g/mol. The number of carbonyl (C=O) groups is 11. The first-order valence-electron chi connectivity index (χ1n) is 27.9. The number of nitrogens with two attached hydrogens (primary N) is 3. The number of rotatable bonds is 35. The molecular weight excluding hydrogens is 1100 g/mol. The number of aliphatic carboxylic acids is 2. The number of aliphatic imine (C=N–C) groups is 1. The van der Waals surface area contributed by atoms with Crippen LogP contribution in [0.25, 0.3) is 10.9 Å². The lowest BCUT2D eigenvalue weighted by Gasteiger charge is -2.32. The quantitative estimate of drug-likeness (QED) is 0.0178. The Bertz CT molecular complexity index is 2640. The Labute approximate surface area is 486 Å². The number of hydrogen-bond acceptors (Lipinski definition) is 16. The van der Waals surface area contributed by atoms with E-state index in [1.807, 2.05) is 0 Å². The number of hydrogen-bond donors (Lipinski definition) is 17. The van der Waals surface area contributed by atoms with E-state index in [-0.39, 0.29) is 69.4 Å². The normalized spacial score (nSPS) is 16.8. The maximum atomic E-state index is 14.4. The average Bonchev–Trinajstić information content (AvgIpc) is 3.97. The lowest BCUT2D eigenvalue weighted by molar-refractivity contribution is -0.145. The Balaban J connectivity index is 1.93. The number of aliphatic hydroxyl groups excluding tert-OH is 3. The third-order valence-corrected chi connectivity index (χ3v) is 13.7. The predicted molar refractivity (Wildman–Crippen MR) is 304 cm³/mol. The molecule has 468 valence electrons. The Kier molecular flexibility index (Phi) is 28.4. The van der Waals surface area contributed by atoms with Gasteiger partial charge in [0.05, 0.1) is 19.3 Å². The number of fused-ring (bicyclic) bond motifs is 1. The minimum Gasteiger partial charge on any atom is -0.481 e. The zero-order valence-corrected chi connectivity index (χ0v) is 48.5. The fourth-order valence-corrected chi connectivity index (χ4v) is 9.25. The molecule has 1 aromatic carbocycles. The molecule has 2 heterocycles. The minimum atomic E-state index is -1.78. The number of guanidine groups is 1. The van der Waals surface area contributed by atoms with Crippen molar-refractivity contribution in [2.75, 3.05) is 26.3 Å². The van der Waals surface area contributed by atoms with Crippen LogP contribution in [0.15, 0.2) is 35.5 Å². The van der Waals surface area contributed by atoms with E-state index in [9.17, 15) is 78.3 Å². The first-order valence-corrected chi connectivity index (χ1v) is 27.9. The molecule has 0 unspecified atom stereocenters. The van der Waals surface area contributed by atoms with Gasteiger partial charge < -0.3 is 95.2 Å². The van der Waals surface area contributed by atoms with Crippen molar-refractivity contribution < 1.29 is 78.3 Å². The van der Waals surface area contributed by atoms with Crippen LogP contribution < -0.4 is 59.7 Å². The van der Waals surface area contributed by atoms with Gasteiger partial charge in [0.15, 0.2) is 12.0 Å². The van der Waals surface area contributed by atoms with Crippen LogP contribution in [0.5, 0.6) is 0 Å². The SMILES string of the molecule is CC(C)C[C@H](NC(=O)[C@H](CO)NC(=O)[C@H](Cc1c[nH]c2ccccc12)NC(=O)[C@@H]1CCCN1C(=O)[C@@H](NC(=O)[C@@H](N)CO)C(C)C)C(=O)N[C@@H](CCC(=O)O)C(=O)N[C@@H](CCCN=C(N)N)C(=O)N[C@@H](CC(C)C)C(=O)N[C@H](C(=O)O)[C@@H](C)O. The number of aromatic amines is 1. The van der Waals surface area contributed by atoms with Gasteiger partial charge in [0.2, 0.25) is 53.2 Å². The Hall–Kier alpha value is -7.96. The summed E-state index contributed by atoms with van der Waals surface area (Å²) in [4.78, 5) is 157. The van der Waals surface area contributed by atoms with Crippen LogP contribution in [0.2, 0.25) is 0 Å². The molecule has 1 aromatic heterocycles. The van der Waals surface area contributed by atoms with Gasteiger partial charge >= 0.3 is 11.9 Å². The molecule has 20 N–H and O–H groups in total.